The third-order valence-corrected chi connectivity index (χ3v) is 5.18. The molecule has 2 N–H and O–H groups in total. The Morgan fingerprint density at radius 1 is 1.24 bits per heavy atom. The Morgan fingerprint density at radius 3 is 2.33 bits per heavy atom. The van der Waals surface area contributed by atoms with E-state index in [2.05, 4.69) is 19.2 Å². The SMILES string of the molecule is CC(C)C(NC1CN(S(C)(=O)=O)CC1O)c1ccccc1. The number of aliphatic hydroxyl groups is 1. The van der Waals surface area contributed by atoms with Crippen LogP contribution in [0.15, 0.2) is 30.3 Å². The molecule has 0 amide bonds. The highest BCUT2D eigenvalue weighted by atomic mass is 32.2. The number of nitrogens with zero attached hydrogens (tertiary/aromatic N) is 1. The highest BCUT2D eigenvalue weighted by Crippen LogP contribution is 2.24. The Bertz CT molecular complexity index is 560. The average molecular weight is 312 g/mol. The first-order chi connectivity index (χ1) is 9.79. The highest BCUT2D eigenvalue weighted by molar-refractivity contribution is 7.88. The number of hydrogen-bond donors (Lipinski definition) is 2. The van der Waals surface area contributed by atoms with Crippen molar-refractivity contribution < 1.29 is 13.5 Å². The van der Waals surface area contributed by atoms with Crippen molar-refractivity contribution >= 4 is 10.0 Å². The second-order valence-corrected chi connectivity index (χ2v) is 8.04. The fraction of sp³-hybridized carbons (Fsp3) is 0.600. The van der Waals surface area contributed by atoms with Crippen molar-refractivity contribution in [3.63, 3.8) is 0 Å². The van der Waals surface area contributed by atoms with Crippen molar-refractivity contribution in [3.05, 3.63) is 35.9 Å². The van der Waals surface area contributed by atoms with E-state index in [0.717, 1.165) is 5.56 Å². The lowest BCUT2D eigenvalue weighted by atomic mass is 9.95. The standard InChI is InChI=1S/C15H24N2O3S/c1-11(2)15(12-7-5-4-6-8-12)16-13-9-17(10-14(13)18)21(3,19)20/h4-8,11,13-16,18H,9-10H2,1-3H3. The number of sulfonamides is 1. The number of nitrogens with one attached hydrogen (secondary N) is 1. The number of aliphatic hydroxyl groups excluding tert-OH is 1. The van der Waals surface area contributed by atoms with Crippen molar-refractivity contribution in [2.24, 2.45) is 5.92 Å². The molecule has 1 aliphatic rings. The van der Waals surface area contributed by atoms with E-state index in [9.17, 15) is 13.5 Å². The van der Waals surface area contributed by atoms with Crippen molar-refractivity contribution in [2.45, 2.75) is 32.0 Å². The first kappa shape index (κ1) is 16.4. The Labute approximate surface area is 127 Å². The summed E-state index contributed by atoms with van der Waals surface area (Å²) in [5.74, 6) is 0.340. The largest absolute Gasteiger partial charge is 0.390 e. The van der Waals surface area contributed by atoms with E-state index in [4.69, 9.17) is 0 Å². The molecule has 1 aromatic carbocycles. The van der Waals surface area contributed by atoms with Gasteiger partial charge in [-0.05, 0) is 11.5 Å². The molecule has 1 fully saturated rings. The zero-order valence-corrected chi connectivity index (χ0v) is 13.5. The van der Waals surface area contributed by atoms with Crippen molar-refractivity contribution in [2.75, 3.05) is 19.3 Å². The summed E-state index contributed by atoms with van der Waals surface area (Å²) in [7, 11) is -3.26. The Kier molecular flexibility index (Phi) is 5.03. The molecule has 1 aromatic rings. The molecule has 6 heteroatoms. The van der Waals surface area contributed by atoms with Crippen LogP contribution in [0.1, 0.15) is 25.5 Å². The molecule has 3 atom stereocenters. The Balaban J connectivity index is 2.12. The summed E-state index contributed by atoms with van der Waals surface area (Å²) in [4.78, 5) is 0. The number of β-amino-alcohol motifs (C(OH)–C–C–N with tert-alkyl or cyclic N) is 1. The minimum atomic E-state index is -3.26. The molecular weight excluding hydrogens is 288 g/mol. The predicted octanol–water partition coefficient (Wildman–Crippen LogP) is 0.978. The van der Waals surface area contributed by atoms with Crippen LogP contribution in [0.2, 0.25) is 0 Å². The summed E-state index contributed by atoms with van der Waals surface area (Å²) >= 11 is 0. The second-order valence-electron chi connectivity index (χ2n) is 6.05. The summed E-state index contributed by atoms with van der Waals surface area (Å²) in [5, 5.41) is 13.6. The van der Waals surface area contributed by atoms with Gasteiger partial charge in [-0.2, -0.15) is 4.31 Å². The lowest BCUT2D eigenvalue weighted by Gasteiger charge is -2.28. The third kappa shape index (κ3) is 4.03. The maximum atomic E-state index is 11.6. The summed E-state index contributed by atoms with van der Waals surface area (Å²) < 4.78 is 24.5. The maximum Gasteiger partial charge on any atom is 0.211 e. The van der Waals surface area contributed by atoms with Gasteiger partial charge in [-0.15, -0.1) is 0 Å². The molecule has 1 heterocycles. The smallest absolute Gasteiger partial charge is 0.211 e. The van der Waals surface area contributed by atoms with Gasteiger partial charge in [-0.1, -0.05) is 44.2 Å². The first-order valence-corrected chi connectivity index (χ1v) is 9.08. The van der Waals surface area contributed by atoms with Crippen LogP contribution >= 0.6 is 0 Å². The van der Waals surface area contributed by atoms with Crippen LogP contribution in [0.25, 0.3) is 0 Å². The van der Waals surface area contributed by atoms with Gasteiger partial charge in [0.2, 0.25) is 10.0 Å². The molecule has 0 aliphatic carbocycles. The highest BCUT2D eigenvalue weighted by Gasteiger charge is 2.37. The third-order valence-electron chi connectivity index (χ3n) is 3.94. The lowest BCUT2D eigenvalue weighted by Crippen LogP contribution is -2.43. The predicted molar refractivity (Wildman–Crippen MR) is 83.4 cm³/mol. The first-order valence-electron chi connectivity index (χ1n) is 7.23. The van der Waals surface area contributed by atoms with E-state index in [0.29, 0.717) is 12.5 Å². The molecule has 21 heavy (non-hydrogen) atoms. The van der Waals surface area contributed by atoms with Gasteiger partial charge in [0, 0.05) is 25.2 Å². The van der Waals surface area contributed by atoms with E-state index in [1.54, 1.807) is 0 Å². The molecule has 0 saturated carbocycles. The molecular formula is C15H24N2O3S. The number of hydrogen-bond acceptors (Lipinski definition) is 4. The van der Waals surface area contributed by atoms with Crippen LogP contribution in [-0.4, -0.2) is 49.3 Å². The molecule has 0 aromatic heterocycles. The molecule has 1 aliphatic heterocycles. The van der Waals surface area contributed by atoms with E-state index in [1.165, 1.54) is 10.6 Å². The van der Waals surface area contributed by atoms with Gasteiger partial charge in [0.25, 0.3) is 0 Å². The van der Waals surface area contributed by atoms with Gasteiger partial charge in [0.15, 0.2) is 0 Å². The van der Waals surface area contributed by atoms with Crippen LogP contribution in [0, 0.1) is 5.92 Å². The molecule has 118 valence electrons. The number of rotatable bonds is 5. The van der Waals surface area contributed by atoms with Crippen LogP contribution < -0.4 is 5.32 Å². The van der Waals surface area contributed by atoms with Crippen LogP contribution in [0.4, 0.5) is 0 Å². The van der Waals surface area contributed by atoms with Crippen molar-refractivity contribution in [1.29, 1.82) is 0 Å². The quantitative estimate of drug-likeness (QED) is 0.850. The lowest BCUT2D eigenvalue weighted by molar-refractivity contribution is 0.149. The Hall–Kier alpha value is -0.950. The van der Waals surface area contributed by atoms with Gasteiger partial charge in [-0.3, -0.25) is 0 Å². The Morgan fingerprint density at radius 2 is 1.86 bits per heavy atom. The zero-order chi connectivity index (χ0) is 15.6. The maximum absolute atomic E-state index is 11.6. The van der Waals surface area contributed by atoms with Gasteiger partial charge in [0.1, 0.15) is 0 Å². The summed E-state index contributed by atoms with van der Waals surface area (Å²) in [5.41, 5.74) is 1.15. The molecule has 3 unspecified atom stereocenters. The second kappa shape index (κ2) is 6.44. The average Bonchev–Trinajstić information content (AvgIpc) is 2.78. The van der Waals surface area contributed by atoms with Crippen molar-refractivity contribution in [3.8, 4) is 0 Å². The summed E-state index contributed by atoms with van der Waals surface area (Å²) in [6.45, 7) is 4.70. The van der Waals surface area contributed by atoms with E-state index >= 15 is 0 Å². The van der Waals surface area contributed by atoms with E-state index in [-0.39, 0.29) is 18.6 Å². The molecule has 2 rings (SSSR count). The molecule has 1 saturated heterocycles. The summed E-state index contributed by atoms with van der Waals surface area (Å²) in [6, 6.07) is 9.88. The molecule has 0 bridgehead atoms. The minimum absolute atomic E-state index is 0.0883. The molecule has 0 spiro atoms. The topological polar surface area (TPSA) is 69.6 Å². The molecule has 5 nitrogen and oxygen atoms in total. The zero-order valence-electron chi connectivity index (χ0n) is 12.7. The fourth-order valence-corrected chi connectivity index (χ4v) is 3.61. The van der Waals surface area contributed by atoms with Gasteiger partial charge >= 0.3 is 0 Å². The summed E-state index contributed by atoms with van der Waals surface area (Å²) in [6.07, 6.45) is 0.504. The fourth-order valence-electron chi connectivity index (χ4n) is 2.75. The van der Waals surface area contributed by atoms with E-state index < -0.39 is 16.1 Å². The van der Waals surface area contributed by atoms with Gasteiger partial charge in [0.05, 0.1) is 12.4 Å². The normalized spacial score (nSPS) is 25.4. The van der Waals surface area contributed by atoms with Crippen LogP contribution in [0.5, 0.6) is 0 Å². The molecule has 0 radical (unpaired) electrons. The number of benzene rings is 1. The van der Waals surface area contributed by atoms with Gasteiger partial charge < -0.3 is 10.4 Å². The monoisotopic (exact) mass is 312 g/mol. The van der Waals surface area contributed by atoms with E-state index in [1.807, 2.05) is 30.3 Å². The van der Waals surface area contributed by atoms with Gasteiger partial charge in [-0.25, -0.2) is 8.42 Å². The minimum Gasteiger partial charge on any atom is -0.390 e. The van der Waals surface area contributed by atoms with Crippen molar-refractivity contribution in [1.82, 2.24) is 9.62 Å². The van der Waals surface area contributed by atoms with Crippen LogP contribution in [0.3, 0.4) is 0 Å². The van der Waals surface area contributed by atoms with Crippen LogP contribution in [-0.2, 0) is 10.0 Å².